The van der Waals surface area contributed by atoms with E-state index in [0.717, 1.165) is 12.8 Å². The molecule has 0 atom stereocenters. The minimum absolute atomic E-state index is 0. The van der Waals surface area contributed by atoms with Crippen LogP contribution in [0.15, 0.2) is 48.5 Å². The van der Waals surface area contributed by atoms with Gasteiger partial charge in [-0.15, -0.1) is 12.4 Å². The molecular weight excluding hydrogens is 242 g/mol. The van der Waals surface area contributed by atoms with Gasteiger partial charge in [-0.05, 0) is 48.1 Å². The van der Waals surface area contributed by atoms with Crippen LogP contribution in [0.1, 0.15) is 24.0 Å². The van der Waals surface area contributed by atoms with E-state index in [1.807, 2.05) is 0 Å². The summed E-state index contributed by atoms with van der Waals surface area (Å²) in [5.74, 6) is 0. The minimum Gasteiger partial charge on any atom is -0.321 e. The zero-order chi connectivity index (χ0) is 11.9. The molecule has 0 amide bonds. The quantitative estimate of drug-likeness (QED) is 0.866. The molecule has 18 heavy (non-hydrogen) atoms. The van der Waals surface area contributed by atoms with Crippen molar-refractivity contribution in [3.05, 3.63) is 59.7 Å². The first kappa shape index (κ1) is 13.1. The first-order valence-corrected chi connectivity index (χ1v) is 6.14. The Morgan fingerprint density at radius 2 is 1.72 bits per heavy atom. The molecule has 1 aliphatic rings. The predicted molar refractivity (Wildman–Crippen MR) is 79.0 cm³/mol. The highest BCUT2D eigenvalue weighted by Crippen LogP contribution is 2.43. The molecule has 0 bridgehead atoms. The summed E-state index contributed by atoms with van der Waals surface area (Å²) in [5.41, 5.74) is 11.4. The zero-order valence-electron chi connectivity index (χ0n) is 10.5. The molecular formula is C16H18ClN. The third-order valence-electron chi connectivity index (χ3n) is 3.68. The predicted octanol–water partition coefficient (Wildman–Crippen LogP) is 4.03. The Bertz CT molecular complexity index is 559. The molecule has 1 fully saturated rings. The van der Waals surface area contributed by atoms with Crippen molar-refractivity contribution in [1.29, 1.82) is 0 Å². The second-order valence-corrected chi connectivity index (χ2v) is 5.05. The van der Waals surface area contributed by atoms with Crippen LogP contribution < -0.4 is 5.73 Å². The van der Waals surface area contributed by atoms with Gasteiger partial charge >= 0.3 is 0 Å². The summed E-state index contributed by atoms with van der Waals surface area (Å²) in [7, 11) is 0. The van der Waals surface area contributed by atoms with Gasteiger partial charge in [0.25, 0.3) is 0 Å². The number of aryl methyl sites for hydroxylation is 1. The minimum atomic E-state index is -0.0430. The number of benzene rings is 2. The zero-order valence-corrected chi connectivity index (χ0v) is 11.3. The van der Waals surface area contributed by atoms with Gasteiger partial charge in [0.15, 0.2) is 0 Å². The molecule has 0 radical (unpaired) electrons. The van der Waals surface area contributed by atoms with E-state index in [0.29, 0.717) is 0 Å². The van der Waals surface area contributed by atoms with Gasteiger partial charge in [0, 0.05) is 5.54 Å². The normalized spacial score (nSPS) is 15.9. The second kappa shape index (κ2) is 4.75. The number of halogens is 1. The molecule has 2 heteroatoms. The SMILES string of the molecule is Cc1ccccc1-c1cccc(C2(N)CC2)c1.Cl. The lowest BCUT2D eigenvalue weighted by atomic mass is 9.96. The van der Waals surface area contributed by atoms with E-state index >= 15 is 0 Å². The van der Waals surface area contributed by atoms with Crippen LogP contribution in [0, 0.1) is 6.92 Å². The van der Waals surface area contributed by atoms with Gasteiger partial charge in [0.2, 0.25) is 0 Å². The van der Waals surface area contributed by atoms with Gasteiger partial charge in [-0.25, -0.2) is 0 Å². The highest BCUT2D eigenvalue weighted by Gasteiger charge is 2.39. The van der Waals surface area contributed by atoms with Crippen molar-refractivity contribution in [2.75, 3.05) is 0 Å². The lowest BCUT2D eigenvalue weighted by Gasteiger charge is -2.12. The largest absolute Gasteiger partial charge is 0.321 e. The Balaban J connectivity index is 0.00000120. The molecule has 2 aromatic rings. The molecule has 0 unspecified atom stereocenters. The Kier molecular flexibility index (Phi) is 3.47. The third kappa shape index (κ3) is 2.29. The fourth-order valence-electron chi connectivity index (χ4n) is 2.32. The molecule has 1 nitrogen and oxygen atoms in total. The van der Waals surface area contributed by atoms with E-state index < -0.39 is 0 Å². The van der Waals surface area contributed by atoms with E-state index in [-0.39, 0.29) is 17.9 Å². The molecule has 0 saturated heterocycles. The molecule has 0 aromatic heterocycles. The first-order valence-electron chi connectivity index (χ1n) is 6.14. The average Bonchev–Trinajstić information content (AvgIpc) is 3.10. The molecule has 0 spiro atoms. The lowest BCUT2D eigenvalue weighted by molar-refractivity contribution is 0.740. The van der Waals surface area contributed by atoms with Gasteiger partial charge in [-0.1, -0.05) is 42.5 Å². The summed E-state index contributed by atoms with van der Waals surface area (Å²) in [6.07, 6.45) is 2.23. The number of nitrogens with two attached hydrogens (primary N) is 1. The molecule has 3 rings (SSSR count). The maximum Gasteiger partial charge on any atom is 0.0411 e. The summed E-state index contributed by atoms with van der Waals surface area (Å²) in [5, 5.41) is 0. The smallest absolute Gasteiger partial charge is 0.0411 e. The monoisotopic (exact) mass is 259 g/mol. The lowest BCUT2D eigenvalue weighted by Crippen LogP contribution is -2.18. The van der Waals surface area contributed by atoms with Crippen molar-refractivity contribution < 1.29 is 0 Å². The molecule has 2 N–H and O–H groups in total. The number of hydrogen-bond donors (Lipinski definition) is 1. The van der Waals surface area contributed by atoms with Crippen molar-refractivity contribution in [1.82, 2.24) is 0 Å². The second-order valence-electron chi connectivity index (χ2n) is 5.05. The van der Waals surface area contributed by atoms with E-state index in [2.05, 4.69) is 55.5 Å². The van der Waals surface area contributed by atoms with Crippen molar-refractivity contribution in [3.63, 3.8) is 0 Å². The highest BCUT2D eigenvalue weighted by atomic mass is 35.5. The third-order valence-corrected chi connectivity index (χ3v) is 3.68. The first-order chi connectivity index (χ1) is 8.19. The Hall–Kier alpha value is -1.31. The van der Waals surface area contributed by atoms with Crippen LogP contribution in [-0.4, -0.2) is 0 Å². The van der Waals surface area contributed by atoms with E-state index in [1.165, 1.54) is 22.3 Å². The Labute approximate surface area is 114 Å². The summed E-state index contributed by atoms with van der Waals surface area (Å²) in [4.78, 5) is 0. The van der Waals surface area contributed by atoms with Gasteiger partial charge < -0.3 is 5.73 Å². The van der Waals surface area contributed by atoms with Crippen LogP contribution in [0.2, 0.25) is 0 Å². The van der Waals surface area contributed by atoms with Crippen LogP contribution in [0.4, 0.5) is 0 Å². The van der Waals surface area contributed by atoms with Gasteiger partial charge in [-0.3, -0.25) is 0 Å². The van der Waals surface area contributed by atoms with Crippen LogP contribution >= 0.6 is 12.4 Å². The number of hydrogen-bond acceptors (Lipinski definition) is 1. The van der Waals surface area contributed by atoms with Gasteiger partial charge in [0.05, 0.1) is 0 Å². The van der Waals surface area contributed by atoms with Crippen LogP contribution in [0.25, 0.3) is 11.1 Å². The fraction of sp³-hybridized carbons (Fsp3) is 0.250. The van der Waals surface area contributed by atoms with Crippen LogP contribution in [0.5, 0.6) is 0 Å². The summed E-state index contributed by atoms with van der Waals surface area (Å²) in [6.45, 7) is 2.15. The molecule has 0 aliphatic heterocycles. The summed E-state index contributed by atoms with van der Waals surface area (Å²) in [6, 6.07) is 17.2. The maximum absolute atomic E-state index is 6.25. The van der Waals surface area contributed by atoms with Crippen LogP contribution in [0.3, 0.4) is 0 Å². The molecule has 2 aromatic carbocycles. The van der Waals surface area contributed by atoms with E-state index in [1.54, 1.807) is 0 Å². The molecule has 1 saturated carbocycles. The average molecular weight is 260 g/mol. The van der Waals surface area contributed by atoms with Crippen molar-refractivity contribution in [2.45, 2.75) is 25.3 Å². The van der Waals surface area contributed by atoms with Gasteiger partial charge in [0.1, 0.15) is 0 Å². The van der Waals surface area contributed by atoms with Crippen molar-refractivity contribution >= 4 is 12.4 Å². The Morgan fingerprint density at radius 3 is 2.39 bits per heavy atom. The van der Waals surface area contributed by atoms with Crippen molar-refractivity contribution in [2.24, 2.45) is 5.73 Å². The number of rotatable bonds is 2. The van der Waals surface area contributed by atoms with Crippen LogP contribution in [-0.2, 0) is 5.54 Å². The van der Waals surface area contributed by atoms with E-state index in [4.69, 9.17) is 5.73 Å². The molecule has 0 heterocycles. The summed E-state index contributed by atoms with van der Waals surface area (Å²) < 4.78 is 0. The highest BCUT2D eigenvalue weighted by molar-refractivity contribution is 5.85. The maximum atomic E-state index is 6.25. The van der Waals surface area contributed by atoms with Crippen molar-refractivity contribution in [3.8, 4) is 11.1 Å². The van der Waals surface area contributed by atoms with E-state index in [9.17, 15) is 0 Å². The summed E-state index contributed by atoms with van der Waals surface area (Å²) >= 11 is 0. The topological polar surface area (TPSA) is 26.0 Å². The molecule has 94 valence electrons. The fourth-order valence-corrected chi connectivity index (χ4v) is 2.32. The Morgan fingerprint density at radius 1 is 1.00 bits per heavy atom. The molecule has 1 aliphatic carbocycles. The standard InChI is InChI=1S/C16H17N.ClH/c1-12-5-2-3-8-15(12)13-6-4-7-14(11-13)16(17)9-10-16;/h2-8,11H,9-10,17H2,1H3;1H. The van der Waals surface area contributed by atoms with Gasteiger partial charge in [-0.2, -0.15) is 0 Å².